The molecule has 0 saturated carbocycles. The van der Waals surface area contributed by atoms with Gasteiger partial charge < -0.3 is 4.90 Å². The third-order valence-corrected chi connectivity index (χ3v) is 5.42. The number of rotatable bonds is 3. The topological polar surface area (TPSA) is 41.4 Å². The Kier molecular flexibility index (Phi) is 4.29. The van der Waals surface area contributed by atoms with Gasteiger partial charge in [0, 0.05) is 56.6 Å². The molecule has 3 heterocycles. The van der Waals surface area contributed by atoms with Crippen LogP contribution >= 0.6 is 0 Å². The summed E-state index contributed by atoms with van der Waals surface area (Å²) in [4.78, 5) is 17.2. The summed E-state index contributed by atoms with van der Waals surface area (Å²) in [7, 11) is 1.93. The molecule has 0 aliphatic carbocycles. The van der Waals surface area contributed by atoms with E-state index in [4.69, 9.17) is 0 Å². The van der Waals surface area contributed by atoms with Gasteiger partial charge in [-0.15, -0.1) is 0 Å². The number of carbonyl (C=O) groups excluding carboxylic acids is 1. The molecule has 0 bridgehead atoms. The molecule has 1 amide bonds. The van der Waals surface area contributed by atoms with Gasteiger partial charge in [-0.3, -0.25) is 14.4 Å². The van der Waals surface area contributed by atoms with E-state index in [0.29, 0.717) is 11.5 Å². The van der Waals surface area contributed by atoms with Crippen molar-refractivity contribution >= 4 is 5.91 Å². The lowest BCUT2D eigenvalue weighted by Crippen LogP contribution is -2.47. The minimum absolute atomic E-state index is 0.0345. The highest BCUT2D eigenvalue weighted by Crippen LogP contribution is 2.33. The Bertz CT molecular complexity index is 774. The standard InChI is InChI=1S/C19H23FN4O/c1-22-11-14(10-21-22)12-23-7-6-18-16(13-23)5-8-24(18)19(25)15-3-2-4-17(20)9-15/h2-4,9-11,16,18H,5-8,12-13H2,1H3/t16-,18+/m0/s1. The van der Waals surface area contributed by atoms with Crippen molar-refractivity contribution in [3.05, 3.63) is 53.6 Å². The van der Waals surface area contributed by atoms with Crippen molar-refractivity contribution in [1.82, 2.24) is 19.6 Å². The zero-order valence-corrected chi connectivity index (χ0v) is 14.4. The number of fused-ring (bicyclic) bond motifs is 1. The maximum atomic E-state index is 13.4. The number of aromatic nitrogens is 2. The first-order valence-corrected chi connectivity index (χ1v) is 8.86. The number of hydrogen-bond acceptors (Lipinski definition) is 3. The van der Waals surface area contributed by atoms with E-state index < -0.39 is 0 Å². The van der Waals surface area contributed by atoms with E-state index in [1.54, 1.807) is 12.1 Å². The Morgan fingerprint density at radius 1 is 1.32 bits per heavy atom. The third kappa shape index (κ3) is 3.31. The summed E-state index contributed by atoms with van der Waals surface area (Å²) in [5, 5.41) is 4.23. The SMILES string of the molecule is Cn1cc(CN2CC[C@@H]3[C@@H](CCN3C(=O)c3cccc(F)c3)C2)cn1. The van der Waals surface area contributed by atoms with Crippen molar-refractivity contribution in [1.29, 1.82) is 0 Å². The molecule has 0 spiro atoms. The van der Waals surface area contributed by atoms with E-state index in [1.165, 1.54) is 17.7 Å². The lowest BCUT2D eigenvalue weighted by Gasteiger charge is -2.37. The molecule has 1 aromatic carbocycles. The third-order valence-electron chi connectivity index (χ3n) is 5.42. The maximum absolute atomic E-state index is 13.4. The number of piperidine rings is 1. The molecule has 2 atom stereocenters. The highest BCUT2D eigenvalue weighted by Gasteiger charge is 2.40. The molecule has 0 N–H and O–H groups in total. The van der Waals surface area contributed by atoms with Crippen LogP contribution in [0.1, 0.15) is 28.8 Å². The van der Waals surface area contributed by atoms with Crippen molar-refractivity contribution in [2.24, 2.45) is 13.0 Å². The molecule has 1 aromatic heterocycles. The molecule has 132 valence electrons. The van der Waals surface area contributed by atoms with Crippen LogP contribution in [0.2, 0.25) is 0 Å². The molecule has 0 radical (unpaired) electrons. The van der Waals surface area contributed by atoms with Crippen molar-refractivity contribution in [3.63, 3.8) is 0 Å². The van der Waals surface area contributed by atoms with Crippen LogP contribution in [0, 0.1) is 11.7 Å². The van der Waals surface area contributed by atoms with E-state index in [-0.39, 0.29) is 17.8 Å². The van der Waals surface area contributed by atoms with E-state index in [9.17, 15) is 9.18 Å². The molecule has 5 nitrogen and oxygen atoms in total. The number of hydrogen-bond donors (Lipinski definition) is 0. The second kappa shape index (κ2) is 6.59. The first-order valence-electron chi connectivity index (χ1n) is 8.86. The molecule has 2 aliphatic rings. The lowest BCUT2D eigenvalue weighted by molar-refractivity contribution is 0.0615. The van der Waals surface area contributed by atoms with Gasteiger partial charge in [0.05, 0.1) is 6.20 Å². The second-order valence-electron chi connectivity index (χ2n) is 7.17. The van der Waals surface area contributed by atoms with Gasteiger partial charge in [0.1, 0.15) is 5.82 Å². The number of carbonyl (C=O) groups is 1. The van der Waals surface area contributed by atoms with Crippen LogP contribution in [0.5, 0.6) is 0 Å². The average molecular weight is 342 g/mol. The van der Waals surface area contributed by atoms with Gasteiger partial charge in [-0.2, -0.15) is 5.10 Å². The monoisotopic (exact) mass is 342 g/mol. The fraction of sp³-hybridized carbons (Fsp3) is 0.474. The van der Waals surface area contributed by atoms with Gasteiger partial charge in [0.15, 0.2) is 0 Å². The molecule has 2 aliphatic heterocycles. The molecule has 2 fully saturated rings. The predicted molar refractivity (Wildman–Crippen MR) is 92.4 cm³/mol. The number of amides is 1. The van der Waals surface area contributed by atoms with Crippen LogP contribution in [0.4, 0.5) is 4.39 Å². The highest BCUT2D eigenvalue weighted by molar-refractivity contribution is 5.94. The first kappa shape index (κ1) is 16.3. The fourth-order valence-electron chi connectivity index (χ4n) is 4.25. The predicted octanol–water partition coefficient (Wildman–Crippen LogP) is 2.30. The van der Waals surface area contributed by atoms with Crippen LogP contribution in [0.3, 0.4) is 0 Å². The molecule has 6 heteroatoms. The summed E-state index contributed by atoms with van der Waals surface area (Å²) in [6, 6.07) is 6.30. The van der Waals surface area contributed by atoms with Gasteiger partial charge in [0.25, 0.3) is 5.91 Å². The fourth-order valence-corrected chi connectivity index (χ4v) is 4.25. The summed E-state index contributed by atoms with van der Waals surface area (Å²) in [5.41, 5.74) is 1.69. The number of benzene rings is 1. The van der Waals surface area contributed by atoms with Crippen molar-refractivity contribution < 1.29 is 9.18 Å². The normalized spacial score (nSPS) is 23.7. The largest absolute Gasteiger partial charge is 0.335 e. The Morgan fingerprint density at radius 2 is 2.20 bits per heavy atom. The molecule has 2 aromatic rings. The van der Waals surface area contributed by atoms with Gasteiger partial charge in [0.2, 0.25) is 0 Å². The van der Waals surface area contributed by atoms with Crippen molar-refractivity contribution in [3.8, 4) is 0 Å². The second-order valence-corrected chi connectivity index (χ2v) is 7.17. The van der Waals surface area contributed by atoms with Gasteiger partial charge in [-0.25, -0.2) is 4.39 Å². The van der Waals surface area contributed by atoms with E-state index in [2.05, 4.69) is 16.2 Å². The van der Waals surface area contributed by atoms with Gasteiger partial charge >= 0.3 is 0 Å². The minimum atomic E-state index is -0.354. The zero-order valence-electron chi connectivity index (χ0n) is 14.4. The highest BCUT2D eigenvalue weighted by atomic mass is 19.1. The zero-order chi connectivity index (χ0) is 17.4. The summed E-state index contributed by atoms with van der Waals surface area (Å²) < 4.78 is 15.3. The van der Waals surface area contributed by atoms with Gasteiger partial charge in [-0.1, -0.05) is 6.07 Å². The number of likely N-dealkylation sites (tertiary alicyclic amines) is 2. The Labute approximate surface area is 147 Å². The first-order chi connectivity index (χ1) is 12.1. The van der Waals surface area contributed by atoms with Crippen LogP contribution in [-0.2, 0) is 13.6 Å². The molecule has 25 heavy (non-hydrogen) atoms. The Hall–Kier alpha value is -2.21. The number of halogens is 1. The average Bonchev–Trinajstić information content (AvgIpc) is 3.20. The van der Waals surface area contributed by atoms with E-state index in [0.717, 1.165) is 39.0 Å². The quantitative estimate of drug-likeness (QED) is 0.859. The smallest absolute Gasteiger partial charge is 0.254 e. The molecular formula is C19H23FN4O. The van der Waals surface area contributed by atoms with E-state index >= 15 is 0 Å². The van der Waals surface area contributed by atoms with Crippen LogP contribution < -0.4 is 0 Å². The molecular weight excluding hydrogens is 319 g/mol. The summed E-state index contributed by atoms with van der Waals surface area (Å²) in [6.45, 7) is 3.66. The van der Waals surface area contributed by atoms with Crippen LogP contribution in [0.25, 0.3) is 0 Å². The summed E-state index contributed by atoms with van der Waals surface area (Å²) in [5.74, 6) is 0.114. The molecule has 4 rings (SSSR count). The number of nitrogens with zero attached hydrogens (tertiary/aromatic N) is 4. The van der Waals surface area contributed by atoms with Crippen molar-refractivity contribution in [2.75, 3.05) is 19.6 Å². The van der Waals surface area contributed by atoms with Crippen molar-refractivity contribution in [2.45, 2.75) is 25.4 Å². The lowest BCUT2D eigenvalue weighted by atomic mass is 9.92. The number of aryl methyl sites for hydroxylation is 1. The minimum Gasteiger partial charge on any atom is -0.335 e. The summed E-state index contributed by atoms with van der Waals surface area (Å²) >= 11 is 0. The Balaban J connectivity index is 1.41. The van der Waals surface area contributed by atoms with Crippen LogP contribution in [-0.4, -0.2) is 51.2 Å². The van der Waals surface area contributed by atoms with Gasteiger partial charge in [-0.05, 0) is 37.0 Å². The van der Waals surface area contributed by atoms with E-state index in [1.807, 2.05) is 22.8 Å². The molecule has 2 saturated heterocycles. The van der Waals surface area contributed by atoms with Crippen LogP contribution in [0.15, 0.2) is 36.7 Å². The molecule has 0 unspecified atom stereocenters. The summed E-state index contributed by atoms with van der Waals surface area (Å²) in [6.07, 6.45) is 5.97. The maximum Gasteiger partial charge on any atom is 0.254 e. The Morgan fingerprint density at radius 3 is 2.96 bits per heavy atom.